The molecule has 68 valence electrons. The topological polar surface area (TPSA) is 49.7 Å². The molecule has 0 bridgehead atoms. The van der Waals surface area contributed by atoms with Gasteiger partial charge in [-0.1, -0.05) is 12.8 Å². The highest BCUT2D eigenvalue weighted by molar-refractivity contribution is 5.02. The van der Waals surface area contributed by atoms with Gasteiger partial charge in [-0.25, -0.2) is 0 Å². The van der Waals surface area contributed by atoms with Crippen LogP contribution in [0.25, 0.3) is 0 Å². The third kappa shape index (κ3) is 1.61. The minimum Gasteiger partial charge on any atom is -0.389 e. The number of aliphatic hydroxyl groups excluding tert-OH is 2. The molecule has 0 radical (unpaired) electrons. The summed E-state index contributed by atoms with van der Waals surface area (Å²) >= 11 is 0. The van der Waals surface area contributed by atoms with Crippen LogP contribution in [0.1, 0.15) is 13.3 Å². The zero-order valence-corrected chi connectivity index (χ0v) is 7.10. The van der Waals surface area contributed by atoms with Crippen molar-refractivity contribution in [2.45, 2.75) is 31.7 Å². The molecule has 2 N–H and O–H groups in total. The maximum Gasteiger partial charge on any atom is 0.107 e. The van der Waals surface area contributed by atoms with E-state index in [0.717, 1.165) is 0 Å². The predicted molar refractivity (Wildman–Crippen MR) is 44.4 cm³/mol. The number of rotatable bonds is 1. The Morgan fingerprint density at radius 3 is 2.67 bits per heavy atom. The summed E-state index contributed by atoms with van der Waals surface area (Å²) in [5.74, 6) is 2.02. The summed E-state index contributed by atoms with van der Waals surface area (Å²) in [6.45, 7) is 2.24. The van der Waals surface area contributed by atoms with Gasteiger partial charge in [-0.2, -0.15) is 0 Å². The first-order chi connectivity index (χ1) is 5.70. The highest BCUT2D eigenvalue weighted by Gasteiger charge is 2.36. The van der Waals surface area contributed by atoms with E-state index < -0.39 is 12.2 Å². The van der Waals surface area contributed by atoms with Crippen LogP contribution >= 0.6 is 0 Å². The molecule has 1 aliphatic heterocycles. The Bertz CT molecular complexity index is 185. The fourth-order valence-corrected chi connectivity index (χ4v) is 1.39. The van der Waals surface area contributed by atoms with Gasteiger partial charge in [0, 0.05) is 0 Å². The van der Waals surface area contributed by atoms with Gasteiger partial charge >= 0.3 is 0 Å². The summed E-state index contributed by atoms with van der Waals surface area (Å²) in [5.41, 5.74) is 0. The maximum absolute atomic E-state index is 9.47. The van der Waals surface area contributed by atoms with Crippen LogP contribution in [0.3, 0.4) is 0 Å². The van der Waals surface area contributed by atoms with E-state index in [1.54, 1.807) is 0 Å². The molecule has 0 spiro atoms. The van der Waals surface area contributed by atoms with E-state index in [2.05, 4.69) is 5.92 Å². The first-order valence-corrected chi connectivity index (χ1v) is 4.14. The number of hydrogen-bond donors (Lipinski definition) is 2. The zero-order chi connectivity index (χ0) is 9.14. The van der Waals surface area contributed by atoms with Crippen molar-refractivity contribution in [3.8, 4) is 12.3 Å². The van der Waals surface area contributed by atoms with Gasteiger partial charge in [0.2, 0.25) is 0 Å². The molecule has 0 saturated carbocycles. The van der Waals surface area contributed by atoms with Crippen LogP contribution in [-0.2, 0) is 4.74 Å². The van der Waals surface area contributed by atoms with E-state index in [0.29, 0.717) is 13.0 Å². The Kier molecular flexibility index (Phi) is 3.10. The van der Waals surface area contributed by atoms with Crippen molar-refractivity contribution in [2.75, 3.05) is 6.61 Å². The highest BCUT2D eigenvalue weighted by Crippen LogP contribution is 2.21. The second-order valence-electron chi connectivity index (χ2n) is 3.03. The highest BCUT2D eigenvalue weighted by atomic mass is 16.5. The van der Waals surface area contributed by atoms with Crippen LogP contribution in [0.5, 0.6) is 0 Å². The van der Waals surface area contributed by atoms with E-state index >= 15 is 0 Å². The van der Waals surface area contributed by atoms with Crippen molar-refractivity contribution in [1.82, 2.24) is 0 Å². The molecule has 4 unspecified atom stereocenters. The SMILES string of the molecule is C#CC1COC(CC)C(O)C1O. The minimum absolute atomic E-state index is 0.274. The van der Waals surface area contributed by atoms with Crippen LogP contribution in [-0.4, -0.2) is 35.1 Å². The van der Waals surface area contributed by atoms with Crippen LogP contribution in [0.15, 0.2) is 0 Å². The van der Waals surface area contributed by atoms with Crippen molar-refractivity contribution in [3.05, 3.63) is 0 Å². The average molecular weight is 170 g/mol. The number of terminal acetylenes is 1. The predicted octanol–water partition coefficient (Wildman–Crippen LogP) is -0.234. The maximum atomic E-state index is 9.47. The van der Waals surface area contributed by atoms with Crippen LogP contribution in [0, 0.1) is 18.3 Å². The lowest BCUT2D eigenvalue weighted by Gasteiger charge is -2.34. The summed E-state index contributed by atoms with van der Waals surface area (Å²) in [5, 5.41) is 18.9. The minimum atomic E-state index is -0.843. The second kappa shape index (κ2) is 3.90. The van der Waals surface area contributed by atoms with Crippen molar-refractivity contribution < 1.29 is 14.9 Å². The lowest BCUT2D eigenvalue weighted by molar-refractivity contribution is -0.152. The smallest absolute Gasteiger partial charge is 0.107 e. The van der Waals surface area contributed by atoms with Gasteiger partial charge in [-0.15, -0.1) is 6.42 Å². The van der Waals surface area contributed by atoms with Gasteiger partial charge in [-0.3, -0.25) is 0 Å². The van der Waals surface area contributed by atoms with Gasteiger partial charge in [0.1, 0.15) is 6.10 Å². The molecule has 3 heteroatoms. The molecular weight excluding hydrogens is 156 g/mol. The Balaban J connectivity index is 2.60. The molecule has 0 aliphatic carbocycles. The first-order valence-electron chi connectivity index (χ1n) is 4.14. The Morgan fingerprint density at radius 2 is 2.17 bits per heavy atom. The Morgan fingerprint density at radius 1 is 1.50 bits per heavy atom. The monoisotopic (exact) mass is 170 g/mol. The molecule has 0 amide bonds. The van der Waals surface area contributed by atoms with Gasteiger partial charge in [0.05, 0.1) is 24.7 Å². The lowest BCUT2D eigenvalue weighted by Crippen LogP contribution is -2.49. The van der Waals surface area contributed by atoms with Crippen LogP contribution in [0.2, 0.25) is 0 Å². The van der Waals surface area contributed by atoms with E-state index in [-0.39, 0.29) is 12.0 Å². The largest absolute Gasteiger partial charge is 0.389 e. The molecule has 1 saturated heterocycles. The summed E-state index contributed by atoms with van der Waals surface area (Å²) in [4.78, 5) is 0. The third-order valence-electron chi connectivity index (χ3n) is 2.25. The molecule has 3 nitrogen and oxygen atoms in total. The standard InChI is InChI=1S/C9H14O3/c1-3-6-5-12-7(4-2)9(11)8(6)10/h1,6-11H,4-5H2,2H3. The summed E-state index contributed by atoms with van der Waals surface area (Å²) in [6.07, 6.45) is 3.88. The summed E-state index contributed by atoms with van der Waals surface area (Å²) in [6, 6.07) is 0. The lowest BCUT2D eigenvalue weighted by atomic mass is 9.92. The molecular formula is C9H14O3. The van der Waals surface area contributed by atoms with Gasteiger partial charge in [0.15, 0.2) is 0 Å². The molecule has 12 heavy (non-hydrogen) atoms. The molecule has 1 heterocycles. The second-order valence-corrected chi connectivity index (χ2v) is 3.03. The van der Waals surface area contributed by atoms with Crippen LogP contribution < -0.4 is 0 Å². The molecule has 1 aliphatic rings. The molecule has 1 fully saturated rings. The van der Waals surface area contributed by atoms with Crippen molar-refractivity contribution in [3.63, 3.8) is 0 Å². The van der Waals surface area contributed by atoms with Crippen molar-refractivity contribution in [1.29, 1.82) is 0 Å². The van der Waals surface area contributed by atoms with Gasteiger partial charge < -0.3 is 14.9 Å². The van der Waals surface area contributed by atoms with Crippen LogP contribution in [0.4, 0.5) is 0 Å². The summed E-state index contributed by atoms with van der Waals surface area (Å²) < 4.78 is 5.26. The molecule has 0 aromatic carbocycles. The quantitative estimate of drug-likeness (QED) is 0.534. The third-order valence-corrected chi connectivity index (χ3v) is 2.25. The fourth-order valence-electron chi connectivity index (χ4n) is 1.39. The van der Waals surface area contributed by atoms with E-state index in [1.807, 2.05) is 6.92 Å². The molecule has 1 rings (SSSR count). The Hall–Kier alpha value is -0.560. The fraction of sp³-hybridized carbons (Fsp3) is 0.778. The number of hydrogen-bond acceptors (Lipinski definition) is 3. The average Bonchev–Trinajstić information content (AvgIpc) is 2.10. The molecule has 0 aromatic heterocycles. The van der Waals surface area contributed by atoms with Gasteiger partial charge in [-0.05, 0) is 6.42 Å². The van der Waals surface area contributed by atoms with Crippen molar-refractivity contribution >= 4 is 0 Å². The first kappa shape index (κ1) is 9.53. The number of ether oxygens (including phenoxy) is 1. The normalized spacial score (nSPS) is 42.2. The zero-order valence-electron chi connectivity index (χ0n) is 7.10. The Labute approximate surface area is 72.4 Å². The van der Waals surface area contributed by atoms with E-state index in [1.165, 1.54) is 0 Å². The van der Waals surface area contributed by atoms with E-state index in [4.69, 9.17) is 11.2 Å². The van der Waals surface area contributed by atoms with Crippen molar-refractivity contribution in [2.24, 2.45) is 5.92 Å². The van der Waals surface area contributed by atoms with Gasteiger partial charge in [0.25, 0.3) is 0 Å². The molecule has 0 aromatic rings. The van der Waals surface area contributed by atoms with E-state index in [9.17, 15) is 10.2 Å². The number of aliphatic hydroxyl groups is 2. The molecule has 4 atom stereocenters. The summed E-state index contributed by atoms with van der Waals surface area (Å²) in [7, 11) is 0.